The van der Waals surface area contributed by atoms with Crippen molar-refractivity contribution in [3.05, 3.63) is 65.9 Å². The van der Waals surface area contributed by atoms with Crippen LogP contribution in [0.2, 0.25) is 0 Å². The predicted octanol–water partition coefficient (Wildman–Crippen LogP) is 5.86. The molecule has 8 nitrogen and oxygen atoms in total. The zero-order chi connectivity index (χ0) is 25.4. The molecule has 0 amide bonds. The van der Waals surface area contributed by atoms with Gasteiger partial charge in [0.05, 0.1) is 44.1 Å². The molecule has 36 heavy (non-hydrogen) atoms. The predicted molar refractivity (Wildman–Crippen MR) is 140 cm³/mol. The first kappa shape index (κ1) is 23.6. The summed E-state index contributed by atoms with van der Waals surface area (Å²) in [5, 5.41) is 11.2. The Bertz CT molecular complexity index is 1590. The van der Waals surface area contributed by atoms with Crippen molar-refractivity contribution >= 4 is 39.6 Å². The lowest BCUT2D eigenvalue weighted by Crippen LogP contribution is -2.11. The number of hydrogen-bond acceptors (Lipinski definition) is 7. The first-order valence-corrected chi connectivity index (χ1v) is 12.1. The van der Waals surface area contributed by atoms with Gasteiger partial charge in [0.1, 0.15) is 22.5 Å². The van der Waals surface area contributed by atoms with Gasteiger partial charge in [0.15, 0.2) is 11.5 Å². The van der Waals surface area contributed by atoms with Crippen molar-refractivity contribution in [2.24, 2.45) is 0 Å². The van der Waals surface area contributed by atoms with Gasteiger partial charge in [0, 0.05) is 22.6 Å². The molecule has 0 aliphatic rings. The monoisotopic (exact) mass is 503 g/mol. The van der Waals surface area contributed by atoms with E-state index in [1.54, 1.807) is 18.8 Å². The SMILES string of the molecule is COc1ccccc1Cn1c(C(=O)O)c(-c2ccc3nsnc3c2)c2cc(OC)c(OC(C)C)cc21. The second-order valence-electron chi connectivity index (χ2n) is 8.58. The van der Waals surface area contributed by atoms with E-state index in [2.05, 4.69) is 8.75 Å². The van der Waals surface area contributed by atoms with E-state index in [0.717, 1.165) is 33.8 Å². The number of aromatic carboxylic acids is 1. The molecule has 0 fully saturated rings. The van der Waals surface area contributed by atoms with E-state index in [1.165, 1.54) is 0 Å². The minimum atomic E-state index is -1.04. The molecule has 1 N–H and O–H groups in total. The fraction of sp³-hybridized carbons (Fsp3) is 0.222. The molecule has 0 saturated carbocycles. The highest BCUT2D eigenvalue weighted by molar-refractivity contribution is 7.00. The summed E-state index contributed by atoms with van der Waals surface area (Å²) in [6.45, 7) is 4.15. The maximum absolute atomic E-state index is 12.8. The van der Waals surface area contributed by atoms with E-state index in [4.69, 9.17) is 14.2 Å². The first-order valence-electron chi connectivity index (χ1n) is 11.4. The Balaban J connectivity index is 1.85. The number of para-hydroxylation sites is 1. The number of ether oxygens (including phenoxy) is 3. The summed E-state index contributed by atoms with van der Waals surface area (Å²) in [5.74, 6) is 0.707. The summed E-state index contributed by atoms with van der Waals surface area (Å²) < 4.78 is 27.7. The normalized spacial score (nSPS) is 11.4. The van der Waals surface area contributed by atoms with Crippen LogP contribution in [0, 0.1) is 0 Å². The second-order valence-corrected chi connectivity index (χ2v) is 9.11. The van der Waals surface area contributed by atoms with Crippen LogP contribution < -0.4 is 14.2 Å². The van der Waals surface area contributed by atoms with Crippen molar-refractivity contribution in [2.75, 3.05) is 14.2 Å². The highest BCUT2D eigenvalue weighted by Crippen LogP contribution is 2.42. The Hall–Kier alpha value is -4.11. The lowest BCUT2D eigenvalue weighted by molar-refractivity contribution is 0.0687. The molecule has 0 atom stereocenters. The van der Waals surface area contributed by atoms with Gasteiger partial charge in [-0.05, 0) is 43.7 Å². The second kappa shape index (κ2) is 9.50. The standard InChI is InChI=1S/C27H25N3O5S/c1-15(2)35-24-13-21-18(12-23(24)34-4)25(16-9-10-19-20(11-16)29-36-28-19)26(27(31)32)30(21)14-17-7-5-6-8-22(17)33-3/h5-13,15H,14H2,1-4H3,(H,31,32). The molecule has 0 spiro atoms. The summed E-state index contributed by atoms with van der Waals surface area (Å²) in [6.07, 6.45) is -0.0908. The summed E-state index contributed by atoms with van der Waals surface area (Å²) in [5.41, 5.74) is 4.51. The van der Waals surface area contributed by atoms with Gasteiger partial charge in [-0.25, -0.2) is 4.79 Å². The molecule has 0 unspecified atom stereocenters. The molecule has 2 heterocycles. The highest BCUT2D eigenvalue weighted by atomic mass is 32.1. The molecule has 3 aromatic carbocycles. The van der Waals surface area contributed by atoms with Crippen LogP contribution >= 0.6 is 11.7 Å². The molecule has 0 saturated heterocycles. The summed E-state index contributed by atoms with van der Waals surface area (Å²) in [6, 6.07) is 16.9. The number of hydrogen-bond donors (Lipinski definition) is 1. The third kappa shape index (κ3) is 4.11. The van der Waals surface area contributed by atoms with Gasteiger partial charge in [-0.2, -0.15) is 8.75 Å². The lowest BCUT2D eigenvalue weighted by Gasteiger charge is -2.15. The number of nitrogens with zero attached hydrogens (tertiary/aromatic N) is 3. The minimum absolute atomic E-state index is 0.0908. The van der Waals surface area contributed by atoms with Crippen LogP contribution in [0.1, 0.15) is 29.9 Å². The maximum atomic E-state index is 12.8. The van der Waals surface area contributed by atoms with Gasteiger partial charge in [0.25, 0.3) is 0 Å². The Kier molecular flexibility index (Phi) is 6.24. The van der Waals surface area contributed by atoms with Crippen molar-refractivity contribution in [1.29, 1.82) is 0 Å². The van der Waals surface area contributed by atoms with E-state index in [-0.39, 0.29) is 18.3 Å². The highest BCUT2D eigenvalue weighted by Gasteiger charge is 2.27. The molecule has 0 radical (unpaired) electrons. The maximum Gasteiger partial charge on any atom is 0.353 e. The van der Waals surface area contributed by atoms with Gasteiger partial charge in [-0.3, -0.25) is 0 Å². The third-order valence-electron chi connectivity index (χ3n) is 5.98. The Labute approximate surface area is 212 Å². The smallest absolute Gasteiger partial charge is 0.353 e. The number of carbonyl (C=O) groups is 1. The fourth-order valence-corrected chi connectivity index (χ4v) is 5.00. The number of aromatic nitrogens is 3. The minimum Gasteiger partial charge on any atom is -0.496 e. The van der Waals surface area contributed by atoms with Crippen molar-refractivity contribution in [3.63, 3.8) is 0 Å². The number of benzene rings is 3. The molecule has 184 valence electrons. The van der Waals surface area contributed by atoms with Crippen LogP contribution in [0.5, 0.6) is 17.2 Å². The van der Waals surface area contributed by atoms with Gasteiger partial charge < -0.3 is 23.9 Å². The van der Waals surface area contributed by atoms with Gasteiger partial charge in [0.2, 0.25) is 0 Å². The van der Waals surface area contributed by atoms with Crippen molar-refractivity contribution in [2.45, 2.75) is 26.5 Å². The summed E-state index contributed by atoms with van der Waals surface area (Å²) in [4.78, 5) is 12.8. The van der Waals surface area contributed by atoms with E-state index in [1.807, 2.05) is 68.4 Å². The van der Waals surface area contributed by atoms with Crippen LogP contribution in [0.25, 0.3) is 33.1 Å². The van der Waals surface area contributed by atoms with Crippen LogP contribution in [0.4, 0.5) is 0 Å². The van der Waals surface area contributed by atoms with Crippen LogP contribution in [-0.2, 0) is 6.54 Å². The number of carboxylic acid groups (broad SMARTS) is 1. The average Bonchev–Trinajstić information content (AvgIpc) is 3.45. The van der Waals surface area contributed by atoms with E-state index in [0.29, 0.717) is 33.8 Å². The fourth-order valence-electron chi connectivity index (χ4n) is 4.48. The number of rotatable bonds is 8. The largest absolute Gasteiger partial charge is 0.496 e. The topological polar surface area (TPSA) is 95.7 Å². The number of fused-ring (bicyclic) bond motifs is 2. The van der Waals surface area contributed by atoms with Gasteiger partial charge >= 0.3 is 5.97 Å². The summed E-state index contributed by atoms with van der Waals surface area (Å²) in [7, 11) is 3.18. The first-order chi connectivity index (χ1) is 17.4. The van der Waals surface area contributed by atoms with Crippen LogP contribution in [0.3, 0.4) is 0 Å². The van der Waals surface area contributed by atoms with Crippen LogP contribution in [-0.4, -0.2) is 44.7 Å². The molecule has 0 bridgehead atoms. The van der Waals surface area contributed by atoms with Gasteiger partial charge in [-0.1, -0.05) is 24.3 Å². The average molecular weight is 504 g/mol. The Morgan fingerprint density at radius 1 is 0.972 bits per heavy atom. The quantitative estimate of drug-likeness (QED) is 0.283. The Morgan fingerprint density at radius 2 is 1.72 bits per heavy atom. The van der Waals surface area contributed by atoms with E-state index >= 15 is 0 Å². The van der Waals surface area contributed by atoms with E-state index in [9.17, 15) is 9.90 Å². The number of carboxylic acids is 1. The summed E-state index contributed by atoms with van der Waals surface area (Å²) >= 11 is 1.12. The van der Waals surface area contributed by atoms with E-state index < -0.39 is 5.97 Å². The zero-order valence-corrected chi connectivity index (χ0v) is 21.1. The molecule has 5 aromatic rings. The third-order valence-corrected chi connectivity index (χ3v) is 6.53. The lowest BCUT2D eigenvalue weighted by atomic mass is 10.0. The Morgan fingerprint density at radius 3 is 2.44 bits per heavy atom. The van der Waals surface area contributed by atoms with Crippen LogP contribution in [0.15, 0.2) is 54.6 Å². The molecule has 0 aliphatic carbocycles. The molecule has 0 aliphatic heterocycles. The van der Waals surface area contributed by atoms with Crippen molar-refractivity contribution < 1.29 is 24.1 Å². The molecule has 2 aromatic heterocycles. The molecular formula is C27H25N3O5S. The molecule has 5 rings (SSSR count). The van der Waals surface area contributed by atoms with Gasteiger partial charge in [-0.15, -0.1) is 0 Å². The number of methoxy groups -OCH3 is 2. The zero-order valence-electron chi connectivity index (χ0n) is 20.3. The van der Waals surface area contributed by atoms with Crippen molar-refractivity contribution in [1.82, 2.24) is 13.3 Å². The molecule has 9 heteroatoms. The van der Waals surface area contributed by atoms with Crippen molar-refractivity contribution in [3.8, 4) is 28.4 Å². The molecular weight excluding hydrogens is 478 g/mol.